The SMILES string of the molecule is Cc1cc(N2C(=O)CSC2=NC(=O)Nc2ccc(C=Cc3ncn(-c4ccc(OC(F)(F)F)cc4)n3)cc2)c(C(C)C)cc1F. The van der Waals surface area contributed by atoms with Gasteiger partial charge < -0.3 is 10.1 Å². The van der Waals surface area contributed by atoms with E-state index in [1.54, 1.807) is 49.4 Å². The van der Waals surface area contributed by atoms with Crippen LogP contribution in [0.2, 0.25) is 0 Å². The van der Waals surface area contributed by atoms with Crippen LogP contribution in [-0.2, 0) is 4.79 Å². The van der Waals surface area contributed by atoms with E-state index < -0.39 is 12.4 Å². The van der Waals surface area contributed by atoms with Crippen LogP contribution in [0, 0.1) is 12.7 Å². The molecule has 45 heavy (non-hydrogen) atoms. The third-order valence-corrected chi connectivity index (χ3v) is 7.49. The molecule has 1 aliphatic heterocycles. The van der Waals surface area contributed by atoms with Crippen LogP contribution in [0.4, 0.5) is 33.7 Å². The van der Waals surface area contributed by atoms with Crippen molar-refractivity contribution in [3.05, 3.63) is 95.3 Å². The highest BCUT2D eigenvalue weighted by atomic mass is 32.2. The van der Waals surface area contributed by atoms with Crippen LogP contribution in [-0.4, -0.2) is 44.0 Å². The molecule has 5 rings (SSSR count). The van der Waals surface area contributed by atoms with Crippen molar-refractivity contribution in [2.24, 2.45) is 4.99 Å². The summed E-state index contributed by atoms with van der Waals surface area (Å²) >= 11 is 1.13. The lowest BCUT2D eigenvalue weighted by Gasteiger charge is -2.22. The Morgan fingerprint density at radius 1 is 1.09 bits per heavy atom. The fourth-order valence-electron chi connectivity index (χ4n) is 4.38. The van der Waals surface area contributed by atoms with Crippen molar-refractivity contribution in [1.29, 1.82) is 0 Å². The molecule has 3 amide bonds. The second kappa shape index (κ2) is 12.9. The highest BCUT2D eigenvalue weighted by molar-refractivity contribution is 8.15. The number of amides is 3. The van der Waals surface area contributed by atoms with E-state index in [0.29, 0.717) is 34.0 Å². The highest BCUT2D eigenvalue weighted by Gasteiger charge is 2.33. The minimum absolute atomic E-state index is 0.0647. The zero-order valence-corrected chi connectivity index (χ0v) is 25.0. The molecule has 1 saturated heterocycles. The normalized spacial score (nSPS) is 14.6. The summed E-state index contributed by atoms with van der Waals surface area (Å²) < 4.78 is 56.7. The number of anilines is 2. The fraction of sp³-hybridized carbons (Fsp3) is 0.194. The van der Waals surface area contributed by atoms with E-state index >= 15 is 0 Å². The first-order valence-electron chi connectivity index (χ1n) is 13.6. The molecule has 0 spiro atoms. The number of aryl methyl sites for hydroxylation is 1. The average Bonchev–Trinajstić information content (AvgIpc) is 3.60. The Morgan fingerprint density at radius 2 is 1.80 bits per heavy atom. The number of thioether (sulfide) groups is 1. The number of nitrogens with one attached hydrogen (secondary N) is 1. The topological polar surface area (TPSA) is 102 Å². The van der Waals surface area contributed by atoms with Crippen molar-refractivity contribution in [1.82, 2.24) is 14.8 Å². The Bertz CT molecular complexity index is 1780. The van der Waals surface area contributed by atoms with Crippen molar-refractivity contribution < 1.29 is 31.9 Å². The molecule has 1 aliphatic rings. The van der Waals surface area contributed by atoms with Gasteiger partial charge in [-0.05, 0) is 84.1 Å². The molecule has 0 atom stereocenters. The second-order valence-electron chi connectivity index (χ2n) is 10.2. The molecule has 0 unspecified atom stereocenters. The number of carbonyl (C=O) groups is 2. The predicted molar refractivity (Wildman–Crippen MR) is 165 cm³/mol. The van der Waals surface area contributed by atoms with Gasteiger partial charge in [-0.3, -0.25) is 9.69 Å². The number of alkyl halides is 3. The highest BCUT2D eigenvalue weighted by Crippen LogP contribution is 2.35. The summed E-state index contributed by atoms with van der Waals surface area (Å²) in [4.78, 5) is 35.2. The van der Waals surface area contributed by atoms with Crippen molar-refractivity contribution in [2.75, 3.05) is 16.0 Å². The number of rotatable bonds is 7. The Balaban J connectivity index is 1.23. The second-order valence-corrected chi connectivity index (χ2v) is 11.1. The van der Waals surface area contributed by atoms with Crippen LogP contribution in [0.15, 0.2) is 72.0 Å². The number of hydrogen-bond donors (Lipinski definition) is 1. The van der Waals surface area contributed by atoms with Crippen LogP contribution >= 0.6 is 11.8 Å². The molecule has 0 radical (unpaired) electrons. The average molecular weight is 639 g/mol. The molecule has 1 fully saturated rings. The first-order chi connectivity index (χ1) is 21.4. The quantitative estimate of drug-likeness (QED) is 0.210. The van der Waals surface area contributed by atoms with Crippen LogP contribution in [0.3, 0.4) is 0 Å². The van der Waals surface area contributed by atoms with Gasteiger partial charge in [-0.15, -0.1) is 18.3 Å². The van der Waals surface area contributed by atoms with Gasteiger partial charge in [-0.2, -0.15) is 4.99 Å². The summed E-state index contributed by atoms with van der Waals surface area (Å²) in [6, 6.07) is 14.4. The largest absolute Gasteiger partial charge is 0.573 e. The molecule has 4 aromatic rings. The van der Waals surface area contributed by atoms with Gasteiger partial charge in [0, 0.05) is 5.69 Å². The van der Waals surface area contributed by atoms with E-state index in [2.05, 4.69) is 25.1 Å². The monoisotopic (exact) mass is 638 g/mol. The van der Waals surface area contributed by atoms with E-state index in [9.17, 15) is 27.2 Å². The van der Waals surface area contributed by atoms with Gasteiger partial charge in [-0.25, -0.2) is 18.9 Å². The minimum Gasteiger partial charge on any atom is -0.406 e. The lowest BCUT2D eigenvalue weighted by atomic mass is 9.98. The molecule has 14 heteroatoms. The van der Waals surface area contributed by atoms with E-state index in [-0.39, 0.29) is 34.3 Å². The van der Waals surface area contributed by atoms with Crippen molar-refractivity contribution >= 4 is 52.4 Å². The maximum Gasteiger partial charge on any atom is 0.573 e. The number of carbonyl (C=O) groups excluding carboxylic acids is 2. The Labute approximate surface area is 259 Å². The number of aliphatic imine (C=N–C) groups is 1. The van der Waals surface area contributed by atoms with Crippen LogP contribution in [0.1, 0.15) is 42.3 Å². The molecule has 2 heterocycles. The summed E-state index contributed by atoms with van der Waals surface area (Å²) in [7, 11) is 0. The van der Waals surface area contributed by atoms with Crippen molar-refractivity contribution in [3.63, 3.8) is 0 Å². The van der Waals surface area contributed by atoms with E-state index in [4.69, 9.17) is 0 Å². The van der Waals surface area contributed by atoms with Crippen LogP contribution in [0.5, 0.6) is 5.75 Å². The Morgan fingerprint density at radius 3 is 2.47 bits per heavy atom. The standard InChI is InChI=1S/C31H26F4N6O3S/c1-18(2)24-15-25(32)19(3)14-26(24)41-28(42)16-45-30(41)38-29(43)37-21-7-4-20(5-8-21)6-13-27-36-17-40(39-27)22-9-11-23(12-10-22)44-31(33,34)35/h4-15,17-18H,16H2,1-3H3,(H,37,43). The molecular formula is C31H26F4N6O3S. The Hall–Kier alpha value is -4.98. The summed E-state index contributed by atoms with van der Waals surface area (Å²) in [5.41, 5.74) is 3.28. The maximum atomic E-state index is 14.3. The van der Waals surface area contributed by atoms with Gasteiger partial charge in [-0.1, -0.05) is 43.8 Å². The number of aromatic nitrogens is 3. The molecule has 0 aliphatic carbocycles. The number of benzene rings is 3. The first-order valence-corrected chi connectivity index (χ1v) is 14.6. The van der Waals surface area contributed by atoms with Gasteiger partial charge in [0.2, 0.25) is 5.91 Å². The van der Waals surface area contributed by atoms with Gasteiger partial charge >= 0.3 is 12.4 Å². The van der Waals surface area contributed by atoms with Gasteiger partial charge in [0.05, 0.1) is 17.1 Å². The number of nitrogens with zero attached hydrogens (tertiary/aromatic N) is 5. The lowest BCUT2D eigenvalue weighted by molar-refractivity contribution is -0.274. The van der Waals surface area contributed by atoms with Crippen LogP contribution < -0.4 is 15.0 Å². The van der Waals surface area contributed by atoms with E-state index in [1.807, 2.05) is 13.8 Å². The third kappa shape index (κ3) is 7.76. The maximum absolute atomic E-state index is 14.3. The number of halogens is 4. The zero-order valence-electron chi connectivity index (χ0n) is 24.2. The summed E-state index contributed by atoms with van der Waals surface area (Å²) in [6.07, 6.45) is 0.0639. The zero-order chi connectivity index (χ0) is 32.3. The fourth-order valence-corrected chi connectivity index (χ4v) is 5.24. The number of urea groups is 1. The number of hydrogen-bond acceptors (Lipinski definition) is 6. The predicted octanol–water partition coefficient (Wildman–Crippen LogP) is 7.58. The molecular weight excluding hydrogens is 612 g/mol. The molecule has 1 N–H and O–H groups in total. The molecule has 3 aromatic carbocycles. The van der Waals surface area contributed by atoms with Crippen molar-refractivity contribution in [2.45, 2.75) is 33.1 Å². The van der Waals surface area contributed by atoms with Crippen molar-refractivity contribution in [3.8, 4) is 11.4 Å². The summed E-state index contributed by atoms with van der Waals surface area (Å²) in [5, 5.41) is 7.20. The Kier molecular flexibility index (Phi) is 9.04. The van der Waals surface area contributed by atoms with Gasteiger partial charge in [0.15, 0.2) is 11.0 Å². The van der Waals surface area contributed by atoms with E-state index in [1.165, 1.54) is 46.2 Å². The van der Waals surface area contributed by atoms with E-state index in [0.717, 1.165) is 17.3 Å². The van der Waals surface area contributed by atoms with Gasteiger partial charge in [0.25, 0.3) is 0 Å². The minimum atomic E-state index is -4.77. The summed E-state index contributed by atoms with van der Waals surface area (Å²) in [5.74, 6) is -0.544. The lowest BCUT2D eigenvalue weighted by Crippen LogP contribution is -2.31. The molecule has 0 saturated carbocycles. The van der Waals surface area contributed by atoms with Crippen LogP contribution in [0.25, 0.3) is 17.8 Å². The smallest absolute Gasteiger partial charge is 0.406 e. The number of ether oxygens (including phenoxy) is 1. The van der Waals surface area contributed by atoms with Gasteiger partial charge in [0.1, 0.15) is 17.9 Å². The summed E-state index contributed by atoms with van der Waals surface area (Å²) in [6.45, 7) is 5.41. The third-order valence-electron chi connectivity index (χ3n) is 6.56. The molecule has 0 bridgehead atoms. The molecule has 232 valence electrons. The molecule has 9 nitrogen and oxygen atoms in total. The number of amidine groups is 1. The molecule has 1 aromatic heterocycles. The first kappa shape index (κ1) is 31.4.